The summed E-state index contributed by atoms with van der Waals surface area (Å²) in [4.78, 5) is 2.37. The molecule has 19 heavy (non-hydrogen) atoms. The van der Waals surface area contributed by atoms with E-state index < -0.39 is 0 Å². The Morgan fingerprint density at radius 3 is 1.84 bits per heavy atom. The Morgan fingerprint density at radius 1 is 0.789 bits per heavy atom. The number of hydrogen-bond acceptors (Lipinski definition) is 2. The average molecular weight is 250 g/mol. The fourth-order valence-corrected chi connectivity index (χ4v) is 2.55. The van der Waals surface area contributed by atoms with E-state index in [-0.39, 0.29) is 0 Å². The first-order valence-electron chi connectivity index (χ1n) is 6.74. The minimum Gasteiger partial charge on any atom is -0.340 e. The summed E-state index contributed by atoms with van der Waals surface area (Å²) in [6, 6.07) is 17.0. The lowest BCUT2D eigenvalue weighted by atomic mass is 10.1. The molecule has 0 radical (unpaired) electrons. The third kappa shape index (κ3) is 2.27. The second kappa shape index (κ2) is 5.29. The van der Waals surface area contributed by atoms with Crippen LogP contribution in [-0.4, -0.2) is 13.1 Å². The van der Waals surface area contributed by atoms with Crippen molar-refractivity contribution in [3.05, 3.63) is 59.7 Å². The quantitative estimate of drug-likeness (QED) is 0.900. The summed E-state index contributed by atoms with van der Waals surface area (Å²) in [5, 5.41) is 0. The lowest BCUT2D eigenvalue weighted by molar-refractivity contribution is 0.817. The van der Waals surface area contributed by atoms with E-state index in [1.54, 1.807) is 0 Å². The highest BCUT2D eigenvalue weighted by atomic mass is 15.1. The topological polar surface area (TPSA) is 29.3 Å². The first kappa shape index (κ1) is 12.0. The van der Waals surface area contributed by atoms with Gasteiger partial charge in [-0.1, -0.05) is 48.6 Å². The van der Waals surface area contributed by atoms with Crippen molar-refractivity contribution >= 4 is 23.5 Å². The maximum atomic E-state index is 5.68. The second-order valence-electron chi connectivity index (χ2n) is 4.74. The third-order valence-corrected chi connectivity index (χ3v) is 3.48. The van der Waals surface area contributed by atoms with Crippen molar-refractivity contribution in [2.75, 3.05) is 18.0 Å². The predicted molar refractivity (Wildman–Crippen MR) is 82.5 cm³/mol. The zero-order chi connectivity index (χ0) is 13.1. The van der Waals surface area contributed by atoms with Crippen LogP contribution in [0.1, 0.15) is 17.5 Å². The molecular weight excluding hydrogens is 232 g/mol. The summed E-state index contributed by atoms with van der Waals surface area (Å²) in [5.41, 5.74) is 10.7. The van der Waals surface area contributed by atoms with Crippen molar-refractivity contribution in [3.8, 4) is 0 Å². The van der Waals surface area contributed by atoms with E-state index in [0.29, 0.717) is 6.54 Å². The fraction of sp³-hybridized carbons (Fsp3) is 0.176. The summed E-state index contributed by atoms with van der Waals surface area (Å²) in [7, 11) is 0. The van der Waals surface area contributed by atoms with Crippen LogP contribution in [0.15, 0.2) is 48.5 Å². The van der Waals surface area contributed by atoms with Crippen LogP contribution in [0.3, 0.4) is 0 Å². The van der Waals surface area contributed by atoms with Crippen LogP contribution in [0, 0.1) is 0 Å². The minimum absolute atomic E-state index is 0.717. The second-order valence-corrected chi connectivity index (χ2v) is 4.74. The first-order chi connectivity index (χ1) is 9.40. The van der Waals surface area contributed by atoms with E-state index in [0.717, 1.165) is 13.0 Å². The molecule has 0 saturated carbocycles. The van der Waals surface area contributed by atoms with Gasteiger partial charge < -0.3 is 10.6 Å². The Morgan fingerprint density at radius 2 is 1.32 bits per heavy atom. The Kier molecular flexibility index (Phi) is 3.34. The molecule has 2 heteroatoms. The smallest absolute Gasteiger partial charge is 0.0484 e. The number of benzene rings is 2. The van der Waals surface area contributed by atoms with Gasteiger partial charge in [-0.15, -0.1) is 0 Å². The molecule has 3 rings (SSSR count). The van der Waals surface area contributed by atoms with E-state index in [1.165, 1.54) is 22.5 Å². The molecule has 0 bridgehead atoms. The number of anilines is 2. The van der Waals surface area contributed by atoms with Gasteiger partial charge in [-0.3, -0.25) is 0 Å². The Hall–Kier alpha value is -2.06. The fourth-order valence-electron chi connectivity index (χ4n) is 2.55. The molecular formula is C17H18N2. The largest absolute Gasteiger partial charge is 0.340 e. The molecule has 0 amide bonds. The van der Waals surface area contributed by atoms with E-state index in [1.807, 2.05) is 0 Å². The molecule has 0 fully saturated rings. The van der Waals surface area contributed by atoms with Crippen LogP contribution in [-0.2, 0) is 0 Å². The van der Waals surface area contributed by atoms with E-state index in [4.69, 9.17) is 5.73 Å². The number of fused-ring (bicyclic) bond motifs is 2. The van der Waals surface area contributed by atoms with Gasteiger partial charge in [0.25, 0.3) is 0 Å². The molecule has 0 atom stereocenters. The van der Waals surface area contributed by atoms with Crippen LogP contribution >= 0.6 is 0 Å². The molecule has 1 aliphatic heterocycles. The predicted octanol–water partition coefficient (Wildman–Crippen LogP) is 3.66. The van der Waals surface area contributed by atoms with Gasteiger partial charge in [0.2, 0.25) is 0 Å². The van der Waals surface area contributed by atoms with Crippen LogP contribution in [0.2, 0.25) is 0 Å². The highest BCUT2D eigenvalue weighted by molar-refractivity contribution is 5.88. The van der Waals surface area contributed by atoms with Crippen LogP contribution in [0.5, 0.6) is 0 Å². The van der Waals surface area contributed by atoms with Gasteiger partial charge in [0, 0.05) is 17.9 Å². The van der Waals surface area contributed by atoms with Gasteiger partial charge in [-0.05, 0) is 36.2 Å². The molecule has 2 nitrogen and oxygen atoms in total. The molecule has 1 heterocycles. The van der Waals surface area contributed by atoms with Crippen molar-refractivity contribution < 1.29 is 0 Å². The Bertz CT molecular complexity index is 552. The van der Waals surface area contributed by atoms with Crippen molar-refractivity contribution in [2.24, 2.45) is 5.73 Å². The number of nitrogens with two attached hydrogens (primary N) is 1. The zero-order valence-corrected chi connectivity index (χ0v) is 10.9. The summed E-state index contributed by atoms with van der Waals surface area (Å²) >= 11 is 0. The number of rotatable bonds is 3. The maximum absolute atomic E-state index is 5.68. The van der Waals surface area contributed by atoms with E-state index in [2.05, 4.69) is 65.6 Å². The highest BCUT2D eigenvalue weighted by Crippen LogP contribution is 2.35. The normalized spacial score (nSPS) is 12.8. The first-order valence-corrected chi connectivity index (χ1v) is 6.74. The van der Waals surface area contributed by atoms with Crippen molar-refractivity contribution in [3.63, 3.8) is 0 Å². The standard InChI is InChI=1S/C17H18N2/c18-12-5-13-19-16-8-3-1-6-14(16)10-11-15-7-2-4-9-17(15)19/h1-4,6-11H,5,12-13,18H2. The van der Waals surface area contributed by atoms with Gasteiger partial charge in [0.05, 0.1) is 0 Å². The molecule has 0 aliphatic carbocycles. The maximum Gasteiger partial charge on any atom is 0.0484 e. The van der Waals surface area contributed by atoms with E-state index in [9.17, 15) is 0 Å². The zero-order valence-electron chi connectivity index (χ0n) is 10.9. The summed E-state index contributed by atoms with van der Waals surface area (Å²) in [6.45, 7) is 1.67. The van der Waals surface area contributed by atoms with Gasteiger partial charge in [0.1, 0.15) is 0 Å². The molecule has 1 aliphatic rings. The number of hydrogen-bond donors (Lipinski definition) is 1. The van der Waals surface area contributed by atoms with Crippen LogP contribution in [0.25, 0.3) is 12.2 Å². The third-order valence-electron chi connectivity index (χ3n) is 3.48. The summed E-state index contributed by atoms with van der Waals surface area (Å²) < 4.78 is 0. The lowest BCUT2D eigenvalue weighted by Crippen LogP contribution is -2.21. The monoisotopic (exact) mass is 250 g/mol. The van der Waals surface area contributed by atoms with Crippen LogP contribution < -0.4 is 10.6 Å². The summed E-state index contributed by atoms with van der Waals surface area (Å²) in [5.74, 6) is 0. The van der Waals surface area contributed by atoms with Gasteiger partial charge in [0.15, 0.2) is 0 Å². The minimum atomic E-state index is 0.717. The van der Waals surface area contributed by atoms with Crippen molar-refractivity contribution in [1.29, 1.82) is 0 Å². The molecule has 0 unspecified atom stereocenters. The molecule has 0 aromatic heterocycles. The summed E-state index contributed by atoms with van der Waals surface area (Å²) in [6.07, 6.45) is 5.37. The van der Waals surface area contributed by atoms with Gasteiger partial charge in [-0.2, -0.15) is 0 Å². The van der Waals surface area contributed by atoms with E-state index >= 15 is 0 Å². The Labute approximate surface area is 114 Å². The highest BCUT2D eigenvalue weighted by Gasteiger charge is 2.16. The number of para-hydroxylation sites is 2. The van der Waals surface area contributed by atoms with Crippen LogP contribution in [0.4, 0.5) is 11.4 Å². The molecule has 2 N–H and O–H groups in total. The molecule has 96 valence electrons. The van der Waals surface area contributed by atoms with Gasteiger partial charge >= 0.3 is 0 Å². The average Bonchev–Trinajstić information content (AvgIpc) is 2.62. The number of nitrogens with zero attached hydrogens (tertiary/aromatic N) is 1. The van der Waals surface area contributed by atoms with Crippen molar-refractivity contribution in [2.45, 2.75) is 6.42 Å². The Balaban J connectivity index is 2.12. The molecule has 2 aromatic rings. The SMILES string of the molecule is NCCCN1c2ccccc2C=Cc2ccccc21. The molecule has 0 spiro atoms. The van der Waals surface area contributed by atoms with Crippen molar-refractivity contribution in [1.82, 2.24) is 0 Å². The molecule has 2 aromatic carbocycles. The lowest BCUT2D eigenvalue weighted by Gasteiger charge is -2.26. The molecule has 0 saturated heterocycles. The van der Waals surface area contributed by atoms with Gasteiger partial charge in [-0.25, -0.2) is 0 Å².